The molecule has 1 aromatic rings. The number of hydrogen-bond acceptors (Lipinski definition) is 3. The van der Waals surface area contributed by atoms with Gasteiger partial charge in [0.15, 0.2) is 0 Å². The molecule has 1 fully saturated rings. The van der Waals surface area contributed by atoms with Crippen LogP contribution in [0.5, 0.6) is 0 Å². The summed E-state index contributed by atoms with van der Waals surface area (Å²) < 4.78 is 7.81. The first kappa shape index (κ1) is 12.6. The number of ether oxygens (including phenoxy) is 1. The zero-order chi connectivity index (χ0) is 12.4. The van der Waals surface area contributed by atoms with Crippen LogP contribution in [0.15, 0.2) is 10.7 Å². The molecule has 2 heterocycles. The lowest BCUT2D eigenvalue weighted by atomic mass is 10.1. The smallest absolute Gasteiger partial charge is 0.271 e. The Hall–Kier alpha value is -0.880. The third kappa shape index (κ3) is 2.69. The molecule has 0 spiro atoms. The van der Waals surface area contributed by atoms with Crippen LogP contribution < -0.4 is 5.32 Å². The molecule has 5 nitrogen and oxygen atoms in total. The maximum atomic E-state index is 12.1. The highest BCUT2D eigenvalue weighted by atomic mass is 79.9. The van der Waals surface area contributed by atoms with E-state index >= 15 is 0 Å². The molecule has 1 aromatic heterocycles. The van der Waals surface area contributed by atoms with Crippen molar-refractivity contribution in [2.45, 2.75) is 31.9 Å². The van der Waals surface area contributed by atoms with Crippen LogP contribution in [0.2, 0.25) is 0 Å². The van der Waals surface area contributed by atoms with Crippen molar-refractivity contribution in [3.05, 3.63) is 16.4 Å². The van der Waals surface area contributed by atoms with Gasteiger partial charge < -0.3 is 10.1 Å². The number of aromatic nitrogens is 2. The number of nitrogens with zero attached hydrogens (tertiary/aromatic N) is 2. The number of halogens is 1. The second-order valence-electron chi connectivity index (χ2n) is 4.28. The molecule has 1 amide bonds. The van der Waals surface area contributed by atoms with Crippen LogP contribution in [0.4, 0.5) is 0 Å². The van der Waals surface area contributed by atoms with Gasteiger partial charge in [-0.25, -0.2) is 0 Å². The Morgan fingerprint density at radius 1 is 1.76 bits per heavy atom. The van der Waals surface area contributed by atoms with Gasteiger partial charge >= 0.3 is 0 Å². The quantitative estimate of drug-likeness (QED) is 0.920. The Morgan fingerprint density at radius 2 is 2.53 bits per heavy atom. The van der Waals surface area contributed by atoms with Crippen LogP contribution in [0, 0.1) is 0 Å². The van der Waals surface area contributed by atoms with Crippen molar-refractivity contribution in [2.24, 2.45) is 7.05 Å². The largest absolute Gasteiger partial charge is 0.376 e. The topological polar surface area (TPSA) is 56.2 Å². The number of carbonyl (C=O) groups excluding carboxylic acids is 1. The number of carbonyl (C=O) groups is 1. The fourth-order valence-corrected chi connectivity index (χ4v) is 2.56. The number of hydrogen-bond donors (Lipinski definition) is 1. The maximum Gasteiger partial charge on any atom is 0.271 e. The predicted octanol–water partition coefficient (Wildman–Crippen LogP) is 1.48. The van der Waals surface area contributed by atoms with Gasteiger partial charge in [0.25, 0.3) is 5.91 Å². The van der Waals surface area contributed by atoms with Gasteiger partial charge in [-0.2, -0.15) is 5.10 Å². The minimum absolute atomic E-state index is 0.0202. The van der Waals surface area contributed by atoms with Crippen molar-refractivity contribution in [2.75, 3.05) is 6.61 Å². The average Bonchev–Trinajstić information content (AvgIpc) is 2.88. The van der Waals surface area contributed by atoms with Gasteiger partial charge in [0.05, 0.1) is 22.8 Å². The molecule has 0 aliphatic carbocycles. The molecule has 1 saturated heterocycles. The Balaban J connectivity index is 2.01. The average molecular weight is 302 g/mol. The zero-order valence-corrected chi connectivity index (χ0v) is 11.5. The standard InChI is InChI=1S/C11H16BrN3O2/c1-7(9-4-3-5-17-9)14-11(16)10-8(12)6-13-15(10)2/h6-7,9H,3-5H2,1-2H3,(H,14,16). The summed E-state index contributed by atoms with van der Waals surface area (Å²) in [4.78, 5) is 12.1. The van der Waals surface area contributed by atoms with Crippen molar-refractivity contribution < 1.29 is 9.53 Å². The highest BCUT2D eigenvalue weighted by Gasteiger charge is 2.25. The van der Waals surface area contributed by atoms with Crippen LogP contribution in [-0.4, -0.2) is 34.4 Å². The van der Waals surface area contributed by atoms with E-state index in [2.05, 4.69) is 26.3 Å². The van der Waals surface area contributed by atoms with Gasteiger partial charge in [0.2, 0.25) is 0 Å². The van der Waals surface area contributed by atoms with Crippen LogP contribution >= 0.6 is 15.9 Å². The van der Waals surface area contributed by atoms with E-state index in [1.54, 1.807) is 17.9 Å². The Bertz CT molecular complexity index is 393. The predicted molar refractivity (Wildman–Crippen MR) is 66.8 cm³/mol. The van der Waals surface area contributed by atoms with E-state index in [0.29, 0.717) is 10.2 Å². The molecule has 2 atom stereocenters. The second-order valence-corrected chi connectivity index (χ2v) is 5.13. The van der Waals surface area contributed by atoms with Crippen molar-refractivity contribution in [1.82, 2.24) is 15.1 Å². The highest BCUT2D eigenvalue weighted by Crippen LogP contribution is 2.18. The molecule has 0 saturated carbocycles. The fraction of sp³-hybridized carbons (Fsp3) is 0.636. The van der Waals surface area contributed by atoms with E-state index in [1.807, 2.05) is 6.92 Å². The van der Waals surface area contributed by atoms with E-state index in [4.69, 9.17) is 4.74 Å². The van der Waals surface area contributed by atoms with Gasteiger partial charge in [-0.05, 0) is 35.7 Å². The van der Waals surface area contributed by atoms with Crippen LogP contribution in [0.25, 0.3) is 0 Å². The number of aryl methyl sites for hydroxylation is 1. The minimum Gasteiger partial charge on any atom is -0.376 e. The molecule has 0 bridgehead atoms. The van der Waals surface area contributed by atoms with E-state index in [0.717, 1.165) is 19.4 Å². The molecule has 1 N–H and O–H groups in total. The molecule has 17 heavy (non-hydrogen) atoms. The minimum atomic E-state index is -0.125. The van der Waals surface area contributed by atoms with Crippen molar-refractivity contribution in [3.63, 3.8) is 0 Å². The highest BCUT2D eigenvalue weighted by molar-refractivity contribution is 9.10. The molecule has 94 valence electrons. The first-order valence-electron chi connectivity index (χ1n) is 5.69. The van der Waals surface area contributed by atoms with Crippen molar-refractivity contribution in [1.29, 1.82) is 0 Å². The lowest BCUT2D eigenvalue weighted by molar-refractivity contribution is 0.0706. The molecule has 0 aromatic carbocycles. The first-order chi connectivity index (χ1) is 8.09. The van der Waals surface area contributed by atoms with Gasteiger partial charge in [-0.3, -0.25) is 9.48 Å². The number of nitrogens with one attached hydrogen (secondary N) is 1. The van der Waals surface area contributed by atoms with Gasteiger partial charge in [0, 0.05) is 13.7 Å². The summed E-state index contributed by atoms with van der Waals surface area (Å²) in [7, 11) is 1.75. The van der Waals surface area contributed by atoms with E-state index in [9.17, 15) is 4.79 Å². The van der Waals surface area contributed by atoms with Gasteiger partial charge in [-0.1, -0.05) is 0 Å². The summed E-state index contributed by atoms with van der Waals surface area (Å²) in [5.41, 5.74) is 0.537. The summed E-state index contributed by atoms with van der Waals surface area (Å²) in [5.74, 6) is -0.125. The van der Waals surface area contributed by atoms with Crippen LogP contribution in [-0.2, 0) is 11.8 Å². The first-order valence-corrected chi connectivity index (χ1v) is 6.49. The van der Waals surface area contributed by atoms with Crippen molar-refractivity contribution >= 4 is 21.8 Å². The molecule has 2 rings (SSSR count). The Morgan fingerprint density at radius 3 is 3.06 bits per heavy atom. The molecule has 0 radical (unpaired) electrons. The second kappa shape index (κ2) is 5.18. The van der Waals surface area contributed by atoms with Crippen LogP contribution in [0.1, 0.15) is 30.3 Å². The maximum absolute atomic E-state index is 12.1. The van der Waals surface area contributed by atoms with E-state index in [1.165, 1.54) is 0 Å². The third-order valence-corrected chi connectivity index (χ3v) is 3.57. The summed E-state index contributed by atoms with van der Waals surface area (Å²) in [6.07, 6.45) is 3.82. The van der Waals surface area contributed by atoms with E-state index < -0.39 is 0 Å². The van der Waals surface area contributed by atoms with E-state index in [-0.39, 0.29) is 18.1 Å². The lowest BCUT2D eigenvalue weighted by Crippen LogP contribution is -2.41. The molecular formula is C11H16BrN3O2. The SMILES string of the molecule is CC(NC(=O)c1c(Br)cnn1C)C1CCCO1. The number of rotatable bonds is 3. The zero-order valence-electron chi connectivity index (χ0n) is 9.94. The molecule has 2 unspecified atom stereocenters. The number of amides is 1. The summed E-state index contributed by atoms with van der Waals surface area (Å²) in [6, 6.07) is 0.0202. The van der Waals surface area contributed by atoms with Crippen LogP contribution in [0.3, 0.4) is 0 Å². The van der Waals surface area contributed by atoms with Gasteiger partial charge in [-0.15, -0.1) is 0 Å². The van der Waals surface area contributed by atoms with Gasteiger partial charge in [0.1, 0.15) is 5.69 Å². The summed E-state index contributed by atoms with van der Waals surface area (Å²) in [5, 5.41) is 6.97. The molecule has 6 heteroatoms. The third-order valence-electron chi connectivity index (χ3n) is 2.99. The Labute approximate surface area is 109 Å². The fourth-order valence-electron chi connectivity index (χ4n) is 2.03. The molecular weight excluding hydrogens is 286 g/mol. The molecule has 1 aliphatic heterocycles. The Kier molecular flexibility index (Phi) is 3.83. The normalized spacial score (nSPS) is 21.5. The summed E-state index contributed by atoms with van der Waals surface area (Å²) >= 11 is 3.32. The summed E-state index contributed by atoms with van der Waals surface area (Å²) in [6.45, 7) is 2.76. The molecule has 1 aliphatic rings. The monoisotopic (exact) mass is 301 g/mol. The van der Waals surface area contributed by atoms with Crippen molar-refractivity contribution in [3.8, 4) is 0 Å². The lowest BCUT2D eigenvalue weighted by Gasteiger charge is -2.20.